The molecule has 1 atom stereocenters. The number of hydrogen-bond acceptors (Lipinski definition) is 3. The topological polar surface area (TPSA) is 55.4 Å². The second kappa shape index (κ2) is 8.97. The van der Waals surface area contributed by atoms with E-state index < -0.39 is 5.97 Å². The van der Waals surface area contributed by atoms with Gasteiger partial charge < -0.3 is 10.1 Å². The van der Waals surface area contributed by atoms with Gasteiger partial charge in [0.1, 0.15) is 5.82 Å². The summed E-state index contributed by atoms with van der Waals surface area (Å²) in [5.41, 5.74) is 2.86. The quantitative estimate of drug-likeness (QED) is 0.785. The van der Waals surface area contributed by atoms with Gasteiger partial charge in [0.25, 0.3) is 5.91 Å². The SMILES string of the molecule is CCc1ccc([C@H](C)NC(=O)COC(=O)Cc2ccc(F)cc2)cc1. The molecule has 132 valence electrons. The van der Waals surface area contributed by atoms with Gasteiger partial charge in [0, 0.05) is 0 Å². The number of halogens is 1. The van der Waals surface area contributed by atoms with E-state index in [0.717, 1.165) is 12.0 Å². The summed E-state index contributed by atoms with van der Waals surface area (Å²) in [6.45, 7) is 3.62. The molecule has 2 aromatic carbocycles. The number of ether oxygens (including phenoxy) is 1. The van der Waals surface area contributed by atoms with Crippen molar-refractivity contribution in [3.8, 4) is 0 Å². The van der Waals surface area contributed by atoms with Crippen LogP contribution in [-0.2, 0) is 27.2 Å². The van der Waals surface area contributed by atoms with Gasteiger partial charge in [-0.05, 0) is 42.2 Å². The van der Waals surface area contributed by atoms with E-state index in [0.29, 0.717) is 5.56 Å². The first-order valence-electron chi connectivity index (χ1n) is 8.26. The second-order valence-corrected chi connectivity index (χ2v) is 5.85. The van der Waals surface area contributed by atoms with Gasteiger partial charge in [-0.1, -0.05) is 43.3 Å². The highest BCUT2D eigenvalue weighted by molar-refractivity contribution is 5.81. The van der Waals surface area contributed by atoms with E-state index in [9.17, 15) is 14.0 Å². The zero-order valence-corrected chi connectivity index (χ0v) is 14.4. The maximum atomic E-state index is 12.8. The Morgan fingerprint density at radius 2 is 1.64 bits per heavy atom. The Morgan fingerprint density at radius 3 is 2.24 bits per heavy atom. The second-order valence-electron chi connectivity index (χ2n) is 5.85. The summed E-state index contributed by atoms with van der Waals surface area (Å²) in [5.74, 6) is -1.25. The van der Waals surface area contributed by atoms with Crippen LogP contribution in [0.2, 0.25) is 0 Å². The van der Waals surface area contributed by atoms with Crippen LogP contribution in [0.1, 0.15) is 36.6 Å². The summed E-state index contributed by atoms with van der Waals surface area (Å²) < 4.78 is 17.8. The average Bonchev–Trinajstić information content (AvgIpc) is 2.62. The number of hydrogen-bond donors (Lipinski definition) is 1. The van der Waals surface area contributed by atoms with Crippen LogP contribution in [0.4, 0.5) is 4.39 Å². The molecule has 1 N–H and O–H groups in total. The largest absolute Gasteiger partial charge is 0.455 e. The Labute approximate surface area is 147 Å². The molecule has 2 aromatic rings. The molecule has 0 heterocycles. The molecule has 0 aliphatic rings. The molecule has 0 bridgehead atoms. The minimum Gasteiger partial charge on any atom is -0.455 e. The van der Waals surface area contributed by atoms with Gasteiger partial charge in [0.2, 0.25) is 0 Å². The van der Waals surface area contributed by atoms with Crippen LogP contribution >= 0.6 is 0 Å². The predicted octanol–water partition coefficient (Wildman–Crippen LogP) is 3.35. The Balaban J connectivity index is 1.77. The summed E-state index contributed by atoms with van der Waals surface area (Å²) in [4.78, 5) is 23.6. The maximum Gasteiger partial charge on any atom is 0.310 e. The van der Waals surface area contributed by atoms with Crippen LogP contribution in [0.25, 0.3) is 0 Å². The molecule has 0 radical (unpaired) electrons. The van der Waals surface area contributed by atoms with E-state index >= 15 is 0 Å². The lowest BCUT2D eigenvalue weighted by Crippen LogP contribution is -2.31. The molecule has 0 unspecified atom stereocenters. The number of amides is 1. The predicted molar refractivity (Wildman–Crippen MR) is 93.4 cm³/mol. The van der Waals surface area contributed by atoms with Crippen molar-refractivity contribution in [1.29, 1.82) is 0 Å². The summed E-state index contributed by atoms with van der Waals surface area (Å²) in [6, 6.07) is 13.4. The Hall–Kier alpha value is -2.69. The first-order chi connectivity index (χ1) is 12.0. The molecule has 1 amide bonds. The molecule has 0 aliphatic carbocycles. The van der Waals surface area contributed by atoms with Crippen molar-refractivity contribution in [1.82, 2.24) is 5.32 Å². The number of esters is 1. The highest BCUT2D eigenvalue weighted by Crippen LogP contribution is 2.13. The molecule has 0 saturated heterocycles. The number of nitrogens with one attached hydrogen (secondary N) is 1. The van der Waals surface area contributed by atoms with E-state index in [1.807, 2.05) is 31.2 Å². The van der Waals surface area contributed by atoms with Gasteiger partial charge in [0.05, 0.1) is 12.5 Å². The van der Waals surface area contributed by atoms with Crippen molar-refractivity contribution < 1.29 is 18.7 Å². The zero-order valence-electron chi connectivity index (χ0n) is 14.4. The van der Waals surface area contributed by atoms with Crippen LogP contribution in [-0.4, -0.2) is 18.5 Å². The van der Waals surface area contributed by atoms with E-state index in [1.165, 1.54) is 29.8 Å². The van der Waals surface area contributed by atoms with Crippen LogP contribution in [0.3, 0.4) is 0 Å². The number of benzene rings is 2. The van der Waals surface area contributed by atoms with E-state index in [2.05, 4.69) is 12.2 Å². The fourth-order valence-electron chi connectivity index (χ4n) is 2.37. The van der Waals surface area contributed by atoms with Gasteiger partial charge in [-0.2, -0.15) is 0 Å². The van der Waals surface area contributed by atoms with Crippen molar-refractivity contribution in [2.75, 3.05) is 6.61 Å². The molecule has 2 rings (SSSR count). The van der Waals surface area contributed by atoms with Gasteiger partial charge in [-0.25, -0.2) is 4.39 Å². The minimum atomic E-state index is -0.526. The molecule has 5 heteroatoms. The van der Waals surface area contributed by atoms with Crippen molar-refractivity contribution in [3.05, 3.63) is 71.0 Å². The first kappa shape index (κ1) is 18.6. The Bertz CT molecular complexity index is 711. The highest BCUT2D eigenvalue weighted by Gasteiger charge is 2.12. The van der Waals surface area contributed by atoms with Gasteiger partial charge in [0.15, 0.2) is 6.61 Å². The van der Waals surface area contributed by atoms with Crippen molar-refractivity contribution >= 4 is 11.9 Å². The number of carbonyl (C=O) groups is 2. The standard InChI is InChI=1S/C20H22FNO3/c1-3-15-4-8-17(9-5-15)14(2)22-19(23)13-25-20(24)12-16-6-10-18(21)11-7-16/h4-11,14H,3,12-13H2,1-2H3,(H,22,23)/t14-/m0/s1. The monoisotopic (exact) mass is 343 g/mol. The smallest absolute Gasteiger partial charge is 0.310 e. The van der Waals surface area contributed by atoms with Crippen molar-refractivity contribution in [2.45, 2.75) is 32.7 Å². The lowest BCUT2D eigenvalue weighted by Gasteiger charge is -2.15. The van der Waals surface area contributed by atoms with E-state index in [1.54, 1.807) is 0 Å². The fourth-order valence-corrected chi connectivity index (χ4v) is 2.37. The fraction of sp³-hybridized carbons (Fsp3) is 0.300. The molecule has 0 fully saturated rings. The van der Waals surface area contributed by atoms with E-state index in [4.69, 9.17) is 4.74 Å². The summed E-state index contributed by atoms with van der Waals surface area (Å²) in [6.07, 6.45) is 0.965. The summed E-state index contributed by atoms with van der Waals surface area (Å²) in [5, 5.41) is 2.79. The van der Waals surface area contributed by atoms with Gasteiger partial charge in [-0.15, -0.1) is 0 Å². The molecule has 0 saturated carbocycles. The normalized spacial score (nSPS) is 11.6. The molecular weight excluding hydrogens is 321 g/mol. The van der Waals surface area contributed by atoms with Crippen LogP contribution < -0.4 is 5.32 Å². The summed E-state index contributed by atoms with van der Waals surface area (Å²) in [7, 11) is 0. The zero-order chi connectivity index (χ0) is 18.2. The van der Waals surface area contributed by atoms with Crippen LogP contribution in [0.15, 0.2) is 48.5 Å². The Morgan fingerprint density at radius 1 is 1.04 bits per heavy atom. The highest BCUT2D eigenvalue weighted by atomic mass is 19.1. The summed E-state index contributed by atoms with van der Waals surface area (Å²) >= 11 is 0. The Kier molecular flexibility index (Phi) is 6.69. The maximum absolute atomic E-state index is 12.8. The third-order valence-corrected chi connectivity index (χ3v) is 3.89. The van der Waals surface area contributed by atoms with E-state index in [-0.39, 0.29) is 30.8 Å². The van der Waals surface area contributed by atoms with Gasteiger partial charge in [-0.3, -0.25) is 9.59 Å². The number of aryl methyl sites for hydroxylation is 1. The molecule has 0 aromatic heterocycles. The van der Waals surface area contributed by atoms with Gasteiger partial charge >= 0.3 is 5.97 Å². The first-order valence-corrected chi connectivity index (χ1v) is 8.26. The average molecular weight is 343 g/mol. The number of rotatable bonds is 7. The molecule has 0 spiro atoms. The lowest BCUT2D eigenvalue weighted by atomic mass is 10.1. The van der Waals surface area contributed by atoms with Crippen molar-refractivity contribution in [3.63, 3.8) is 0 Å². The third kappa shape index (κ3) is 6.03. The van der Waals surface area contributed by atoms with Crippen molar-refractivity contribution in [2.24, 2.45) is 0 Å². The minimum absolute atomic E-state index is 0.00158. The third-order valence-electron chi connectivity index (χ3n) is 3.89. The lowest BCUT2D eigenvalue weighted by molar-refractivity contribution is -0.148. The van der Waals surface area contributed by atoms with Crippen LogP contribution in [0.5, 0.6) is 0 Å². The molecular formula is C20H22FNO3. The molecule has 25 heavy (non-hydrogen) atoms. The molecule has 4 nitrogen and oxygen atoms in total. The number of carbonyl (C=O) groups excluding carboxylic acids is 2. The molecule has 0 aliphatic heterocycles. The van der Waals surface area contributed by atoms with Crippen LogP contribution in [0, 0.1) is 5.82 Å².